The van der Waals surface area contributed by atoms with E-state index in [2.05, 4.69) is 20.9 Å². The summed E-state index contributed by atoms with van der Waals surface area (Å²) in [6.45, 7) is 3.97. The van der Waals surface area contributed by atoms with Crippen LogP contribution in [0.15, 0.2) is 16.7 Å². The van der Waals surface area contributed by atoms with Crippen molar-refractivity contribution < 1.29 is 9.13 Å². The molecule has 1 saturated heterocycles. The fourth-order valence-electron chi connectivity index (χ4n) is 1.65. The number of morpholine rings is 1. The van der Waals surface area contributed by atoms with Gasteiger partial charge in [0.1, 0.15) is 0 Å². The Bertz CT molecular complexity index is 361. The number of halogens is 2. The number of pyridine rings is 1. The van der Waals surface area contributed by atoms with Crippen molar-refractivity contribution in [1.82, 2.24) is 4.98 Å². The summed E-state index contributed by atoms with van der Waals surface area (Å²) in [7, 11) is 0. The van der Waals surface area contributed by atoms with Gasteiger partial charge in [0.2, 0.25) is 0 Å². The molecule has 1 fully saturated rings. The number of hydrogen-bond acceptors (Lipinski definition) is 3. The number of hydrogen-bond donors (Lipinski definition) is 0. The van der Waals surface area contributed by atoms with Crippen molar-refractivity contribution in [1.29, 1.82) is 0 Å². The second-order valence-corrected chi connectivity index (χ2v) is 4.50. The van der Waals surface area contributed by atoms with Crippen LogP contribution in [0.25, 0.3) is 0 Å². The molecule has 1 aromatic heterocycles. The van der Waals surface area contributed by atoms with Gasteiger partial charge in [-0.25, -0.2) is 9.37 Å². The molecule has 2 heterocycles. The zero-order valence-electron chi connectivity index (χ0n) is 8.41. The van der Waals surface area contributed by atoms with Crippen molar-refractivity contribution in [2.45, 2.75) is 13.0 Å². The van der Waals surface area contributed by atoms with Crippen molar-refractivity contribution in [2.75, 3.05) is 24.6 Å². The largest absolute Gasteiger partial charge is 0.375 e. The summed E-state index contributed by atoms with van der Waals surface area (Å²) in [6.07, 6.45) is 1.74. The Labute approximate surface area is 96.4 Å². The third kappa shape index (κ3) is 2.46. The summed E-state index contributed by atoms with van der Waals surface area (Å²) in [5.74, 6) is 0.117. The molecule has 0 N–H and O–H groups in total. The van der Waals surface area contributed by atoms with Crippen molar-refractivity contribution >= 4 is 21.7 Å². The van der Waals surface area contributed by atoms with E-state index in [0.717, 1.165) is 0 Å². The summed E-state index contributed by atoms with van der Waals surface area (Å²) >= 11 is 3.19. The zero-order chi connectivity index (χ0) is 10.8. The van der Waals surface area contributed by atoms with Gasteiger partial charge in [-0.2, -0.15) is 0 Å². The van der Waals surface area contributed by atoms with Crippen molar-refractivity contribution in [2.24, 2.45) is 0 Å². The first kappa shape index (κ1) is 10.8. The van der Waals surface area contributed by atoms with Gasteiger partial charge in [-0.3, -0.25) is 0 Å². The maximum Gasteiger partial charge on any atom is 0.166 e. The summed E-state index contributed by atoms with van der Waals surface area (Å²) < 4.78 is 19.6. The second-order valence-electron chi connectivity index (χ2n) is 3.59. The highest BCUT2D eigenvalue weighted by Crippen LogP contribution is 2.21. The van der Waals surface area contributed by atoms with E-state index in [1.54, 1.807) is 6.20 Å². The van der Waals surface area contributed by atoms with Gasteiger partial charge in [0.25, 0.3) is 0 Å². The predicted molar refractivity (Wildman–Crippen MR) is 59.5 cm³/mol. The Morgan fingerprint density at radius 1 is 1.67 bits per heavy atom. The van der Waals surface area contributed by atoms with Crippen LogP contribution in [0.4, 0.5) is 10.2 Å². The molecule has 1 aliphatic rings. The molecule has 0 saturated carbocycles. The van der Waals surface area contributed by atoms with Gasteiger partial charge >= 0.3 is 0 Å². The Morgan fingerprint density at radius 2 is 2.47 bits per heavy atom. The van der Waals surface area contributed by atoms with E-state index in [1.165, 1.54) is 6.07 Å². The average molecular weight is 275 g/mol. The summed E-state index contributed by atoms with van der Waals surface area (Å²) in [5, 5.41) is 0. The molecular formula is C10H12BrFN2O. The fraction of sp³-hybridized carbons (Fsp3) is 0.500. The molecule has 1 aliphatic heterocycles. The molecule has 0 aromatic carbocycles. The Balaban J connectivity index is 2.21. The van der Waals surface area contributed by atoms with Crippen LogP contribution in [0.1, 0.15) is 6.92 Å². The topological polar surface area (TPSA) is 25.4 Å². The maximum atomic E-state index is 13.6. The van der Waals surface area contributed by atoms with Crippen molar-refractivity contribution in [3.63, 3.8) is 0 Å². The molecule has 82 valence electrons. The van der Waals surface area contributed by atoms with E-state index in [1.807, 2.05) is 11.8 Å². The number of rotatable bonds is 1. The van der Waals surface area contributed by atoms with Crippen LogP contribution in [0, 0.1) is 5.82 Å². The zero-order valence-corrected chi connectivity index (χ0v) is 10.00. The van der Waals surface area contributed by atoms with Crippen molar-refractivity contribution in [3.05, 3.63) is 22.6 Å². The quantitative estimate of drug-likeness (QED) is 0.785. The molecule has 2 rings (SSSR count). The van der Waals surface area contributed by atoms with Gasteiger partial charge in [-0.05, 0) is 28.9 Å². The predicted octanol–water partition coefficient (Wildman–Crippen LogP) is 2.21. The molecule has 3 nitrogen and oxygen atoms in total. The van der Waals surface area contributed by atoms with Gasteiger partial charge in [0.05, 0.1) is 12.7 Å². The third-order valence-corrected chi connectivity index (χ3v) is 2.76. The number of anilines is 1. The molecule has 0 radical (unpaired) electrons. The number of ether oxygens (including phenoxy) is 1. The minimum Gasteiger partial charge on any atom is -0.375 e. The van der Waals surface area contributed by atoms with E-state index >= 15 is 0 Å². The van der Waals surface area contributed by atoms with Crippen LogP contribution in [0.5, 0.6) is 0 Å². The second kappa shape index (κ2) is 4.45. The normalized spacial score (nSPS) is 21.8. The molecule has 0 aliphatic carbocycles. The Morgan fingerprint density at radius 3 is 3.13 bits per heavy atom. The number of nitrogens with zero attached hydrogens (tertiary/aromatic N) is 2. The van der Waals surface area contributed by atoms with Gasteiger partial charge in [0.15, 0.2) is 11.6 Å². The lowest BCUT2D eigenvalue weighted by atomic mass is 10.3. The van der Waals surface area contributed by atoms with Crippen LogP contribution in [0.3, 0.4) is 0 Å². The van der Waals surface area contributed by atoms with Crippen LogP contribution in [-0.4, -0.2) is 30.8 Å². The monoisotopic (exact) mass is 274 g/mol. The van der Waals surface area contributed by atoms with Gasteiger partial charge in [-0.15, -0.1) is 0 Å². The fourth-order valence-corrected chi connectivity index (χ4v) is 1.95. The Hall–Kier alpha value is -0.680. The lowest BCUT2D eigenvalue weighted by molar-refractivity contribution is 0.0527. The van der Waals surface area contributed by atoms with Crippen LogP contribution in [-0.2, 0) is 4.74 Å². The molecule has 1 aromatic rings. The van der Waals surface area contributed by atoms with E-state index in [0.29, 0.717) is 30.0 Å². The molecule has 1 atom stereocenters. The van der Waals surface area contributed by atoms with Crippen LogP contribution in [0.2, 0.25) is 0 Å². The lowest BCUT2D eigenvalue weighted by Gasteiger charge is -2.32. The van der Waals surface area contributed by atoms with Gasteiger partial charge in [-0.1, -0.05) is 0 Å². The average Bonchev–Trinajstić information content (AvgIpc) is 2.17. The highest BCUT2D eigenvalue weighted by Gasteiger charge is 2.20. The summed E-state index contributed by atoms with van der Waals surface area (Å²) in [5.41, 5.74) is 0. The Kier molecular flexibility index (Phi) is 3.21. The first-order valence-electron chi connectivity index (χ1n) is 4.84. The SMILES string of the molecule is CC1CN(c2ncc(Br)cc2F)CCO1. The molecule has 0 spiro atoms. The molecule has 15 heavy (non-hydrogen) atoms. The molecule has 5 heteroatoms. The third-order valence-electron chi connectivity index (χ3n) is 2.33. The van der Waals surface area contributed by atoms with Gasteiger partial charge in [0, 0.05) is 23.8 Å². The molecule has 0 amide bonds. The molecule has 1 unspecified atom stereocenters. The highest BCUT2D eigenvalue weighted by molar-refractivity contribution is 9.10. The number of aromatic nitrogens is 1. The smallest absolute Gasteiger partial charge is 0.166 e. The van der Waals surface area contributed by atoms with E-state index in [4.69, 9.17) is 4.74 Å². The van der Waals surface area contributed by atoms with E-state index < -0.39 is 0 Å². The highest BCUT2D eigenvalue weighted by atomic mass is 79.9. The molecule has 0 bridgehead atoms. The lowest BCUT2D eigenvalue weighted by Crippen LogP contribution is -2.41. The van der Waals surface area contributed by atoms with Crippen molar-refractivity contribution in [3.8, 4) is 0 Å². The standard InChI is InChI=1S/C10H12BrFN2O/c1-7-6-14(2-3-15-7)10-9(12)4-8(11)5-13-10/h4-5,7H,2-3,6H2,1H3. The van der Waals surface area contributed by atoms with Crippen LogP contribution >= 0.6 is 15.9 Å². The van der Waals surface area contributed by atoms with E-state index in [9.17, 15) is 4.39 Å². The minimum absolute atomic E-state index is 0.128. The summed E-state index contributed by atoms with van der Waals surface area (Å²) in [6, 6.07) is 1.43. The minimum atomic E-state index is -0.293. The van der Waals surface area contributed by atoms with Crippen LogP contribution < -0.4 is 4.90 Å². The maximum absolute atomic E-state index is 13.6. The first-order chi connectivity index (χ1) is 7.16. The molecular weight excluding hydrogens is 263 g/mol. The van der Waals surface area contributed by atoms with E-state index in [-0.39, 0.29) is 11.9 Å². The summed E-state index contributed by atoms with van der Waals surface area (Å²) in [4.78, 5) is 6.00. The van der Waals surface area contributed by atoms with Gasteiger partial charge < -0.3 is 9.64 Å². The first-order valence-corrected chi connectivity index (χ1v) is 5.63.